The molecule has 2 aliphatic rings. The molecule has 0 radical (unpaired) electrons. The van der Waals surface area contributed by atoms with Crippen LogP contribution in [-0.2, 0) is 16.1 Å². The highest BCUT2D eigenvalue weighted by Crippen LogP contribution is 2.46. The van der Waals surface area contributed by atoms with Crippen LogP contribution < -0.4 is 10.1 Å². The zero-order valence-electron chi connectivity index (χ0n) is 19.0. The summed E-state index contributed by atoms with van der Waals surface area (Å²) in [5.74, 6) is -0.518. The highest BCUT2D eigenvalue weighted by molar-refractivity contribution is 6.35. The third kappa shape index (κ3) is 4.11. The predicted octanol–water partition coefficient (Wildman–Crippen LogP) is 6.31. The Hall–Kier alpha value is -3.54. The maximum Gasteiger partial charge on any atom is 0.336 e. The van der Waals surface area contributed by atoms with Crippen LogP contribution in [0.5, 0.6) is 5.75 Å². The maximum atomic E-state index is 13.4. The number of rotatable bonds is 5. The number of Topliss-reactive ketones (excluding diaryl/α,β-unsaturated/α-hetero) is 1. The molecular formula is C28H21Cl2NO4. The first-order valence-corrected chi connectivity index (χ1v) is 11.8. The van der Waals surface area contributed by atoms with Crippen LogP contribution in [0.25, 0.3) is 5.70 Å². The summed E-state index contributed by atoms with van der Waals surface area (Å²) in [5.41, 5.74) is 5.40. The van der Waals surface area contributed by atoms with Gasteiger partial charge in [0.05, 0.1) is 18.4 Å². The van der Waals surface area contributed by atoms with Crippen molar-refractivity contribution in [1.29, 1.82) is 0 Å². The lowest BCUT2D eigenvalue weighted by Crippen LogP contribution is -2.29. The SMILES string of the molecule is COC(=O)C1=C(C)NC2=C(C(=O)c3ccccc32)[C@H]1c1ccc(OCc2ccc(Cl)cc2Cl)cc1. The molecule has 0 aromatic heterocycles. The van der Waals surface area contributed by atoms with Gasteiger partial charge in [-0.15, -0.1) is 0 Å². The number of benzene rings is 3. The van der Waals surface area contributed by atoms with Crippen molar-refractivity contribution >= 4 is 40.7 Å². The van der Waals surface area contributed by atoms with Gasteiger partial charge in [-0.2, -0.15) is 0 Å². The van der Waals surface area contributed by atoms with E-state index in [0.717, 1.165) is 22.4 Å². The number of ketones is 1. The first-order valence-electron chi connectivity index (χ1n) is 11.0. The molecule has 0 saturated heterocycles. The number of nitrogens with one attached hydrogen (secondary N) is 1. The van der Waals surface area contributed by atoms with E-state index < -0.39 is 11.9 Å². The summed E-state index contributed by atoms with van der Waals surface area (Å²) in [6.45, 7) is 2.10. The van der Waals surface area contributed by atoms with Crippen LogP contribution in [0, 0.1) is 0 Å². The first kappa shape index (κ1) is 23.2. The van der Waals surface area contributed by atoms with E-state index in [1.54, 1.807) is 18.2 Å². The number of esters is 1. The van der Waals surface area contributed by atoms with Crippen LogP contribution in [0.3, 0.4) is 0 Å². The summed E-state index contributed by atoms with van der Waals surface area (Å²) in [5, 5.41) is 4.38. The van der Waals surface area contributed by atoms with Crippen molar-refractivity contribution in [3.63, 3.8) is 0 Å². The number of hydrogen-bond acceptors (Lipinski definition) is 5. The van der Waals surface area contributed by atoms with E-state index in [-0.39, 0.29) is 12.4 Å². The molecule has 5 nitrogen and oxygen atoms in total. The summed E-state index contributed by atoms with van der Waals surface area (Å²) < 4.78 is 11.0. The van der Waals surface area contributed by atoms with Gasteiger partial charge in [0.15, 0.2) is 5.78 Å². The molecule has 1 heterocycles. The predicted molar refractivity (Wildman–Crippen MR) is 136 cm³/mol. The van der Waals surface area contributed by atoms with E-state index in [9.17, 15) is 9.59 Å². The number of fused-ring (bicyclic) bond motifs is 2. The minimum Gasteiger partial charge on any atom is -0.489 e. The first-order chi connectivity index (χ1) is 16.9. The van der Waals surface area contributed by atoms with Crippen molar-refractivity contribution in [2.75, 3.05) is 7.11 Å². The molecule has 0 unspecified atom stereocenters. The molecule has 1 aliphatic heterocycles. The fourth-order valence-electron chi connectivity index (χ4n) is 4.60. The van der Waals surface area contributed by atoms with Gasteiger partial charge in [0.25, 0.3) is 0 Å². The second-order valence-corrected chi connectivity index (χ2v) is 9.19. The molecule has 0 bridgehead atoms. The monoisotopic (exact) mass is 505 g/mol. The Kier molecular flexibility index (Phi) is 6.13. The van der Waals surface area contributed by atoms with Crippen molar-refractivity contribution in [3.05, 3.63) is 116 Å². The normalized spacial score (nSPS) is 16.6. The number of allylic oxidation sites excluding steroid dienone is 2. The molecule has 1 aliphatic carbocycles. The third-order valence-corrected chi connectivity index (χ3v) is 6.86. The number of carbonyl (C=O) groups is 2. The third-order valence-electron chi connectivity index (χ3n) is 6.28. The van der Waals surface area contributed by atoms with Crippen molar-refractivity contribution in [1.82, 2.24) is 5.32 Å². The van der Waals surface area contributed by atoms with Crippen molar-refractivity contribution in [3.8, 4) is 5.75 Å². The molecule has 3 aromatic carbocycles. The molecule has 0 amide bonds. The van der Waals surface area contributed by atoms with E-state index in [2.05, 4.69) is 5.32 Å². The van der Waals surface area contributed by atoms with Gasteiger partial charge in [0.2, 0.25) is 0 Å². The van der Waals surface area contributed by atoms with E-state index in [4.69, 9.17) is 32.7 Å². The molecule has 7 heteroatoms. The van der Waals surface area contributed by atoms with Crippen molar-refractivity contribution in [2.45, 2.75) is 19.4 Å². The zero-order chi connectivity index (χ0) is 24.7. The molecule has 3 aromatic rings. The highest BCUT2D eigenvalue weighted by atomic mass is 35.5. The Morgan fingerprint density at radius 2 is 1.71 bits per heavy atom. The smallest absolute Gasteiger partial charge is 0.336 e. The van der Waals surface area contributed by atoms with Crippen LogP contribution in [0.2, 0.25) is 10.0 Å². The molecule has 1 atom stereocenters. The highest BCUT2D eigenvalue weighted by Gasteiger charge is 2.42. The van der Waals surface area contributed by atoms with Gasteiger partial charge >= 0.3 is 5.97 Å². The Balaban J connectivity index is 1.49. The van der Waals surface area contributed by atoms with Crippen molar-refractivity contribution in [2.24, 2.45) is 0 Å². The Morgan fingerprint density at radius 3 is 2.40 bits per heavy atom. The molecule has 35 heavy (non-hydrogen) atoms. The van der Waals surface area contributed by atoms with Gasteiger partial charge in [-0.1, -0.05) is 65.7 Å². The quantitative estimate of drug-likeness (QED) is 0.411. The average molecular weight is 506 g/mol. The number of carbonyl (C=O) groups excluding carboxylic acids is 2. The molecule has 0 fully saturated rings. The lowest BCUT2D eigenvalue weighted by Gasteiger charge is -2.29. The van der Waals surface area contributed by atoms with Crippen LogP contribution in [-0.4, -0.2) is 18.9 Å². The molecular weight excluding hydrogens is 485 g/mol. The second-order valence-electron chi connectivity index (χ2n) is 8.35. The molecule has 176 valence electrons. The minimum absolute atomic E-state index is 0.0975. The standard InChI is InChI=1S/C28H21Cl2NO4/c1-15-23(28(33)34-2)24(25-26(31-15)20-5-3-4-6-21(20)27(25)32)16-8-11-19(12-9-16)35-14-17-7-10-18(29)13-22(17)30/h3-13,24,31H,14H2,1-2H3/t24-/m0/s1. The number of dihydropyridines is 1. The molecule has 0 spiro atoms. The van der Waals surface area contributed by atoms with Gasteiger partial charge in [0, 0.05) is 43.9 Å². The lowest BCUT2D eigenvalue weighted by atomic mass is 9.80. The summed E-state index contributed by atoms with van der Waals surface area (Å²) >= 11 is 12.2. The maximum absolute atomic E-state index is 13.4. The number of methoxy groups -OCH3 is 1. The summed E-state index contributed by atoms with van der Waals surface area (Å²) in [7, 11) is 1.34. The van der Waals surface area contributed by atoms with Gasteiger partial charge < -0.3 is 14.8 Å². The van der Waals surface area contributed by atoms with Gasteiger partial charge in [-0.3, -0.25) is 4.79 Å². The topological polar surface area (TPSA) is 64.6 Å². The fraction of sp³-hybridized carbons (Fsp3) is 0.143. The van der Waals surface area contributed by atoms with Gasteiger partial charge in [0.1, 0.15) is 12.4 Å². The summed E-state index contributed by atoms with van der Waals surface area (Å²) in [4.78, 5) is 26.3. The average Bonchev–Trinajstić information content (AvgIpc) is 3.14. The van der Waals surface area contributed by atoms with Gasteiger partial charge in [-0.05, 0) is 36.8 Å². The van der Waals surface area contributed by atoms with Crippen molar-refractivity contribution < 1.29 is 19.1 Å². The molecule has 0 saturated carbocycles. The second kappa shape index (κ2) is 9.25. The van der Waals surface area contributed by atoms with Crippen LogP contribution in [0.15, 0.2) is 83.6 Å². The Labute approximate surface area is 213 Å². The van der Waals surface area contributed by atoms with E-state index >= 15 is 0 Å². The number of halogens is 2. The fourth-order valence-corrected chi connectivity index (χ4v) is 5.06. The summed E-state index contributed by atoms with van der Waals surface area (Å²) in [6, 6.07) is 20.1. The summed E-state index contributed by atoms with van der Waals surface area (Å²) in [6.07, 6.45) is 0. The van der Waals surface area contributed by atoms with E-state index in [0.29, 0.717) is 38.2 Å². The van der Waals surface area contributed by atoms with Crippen LogP contribution in [0.1, 0.15) is 39.9 Å². The zero-order valence-corrected chi connectivity index (χ0v) is 20.5. The largest absolute Gasteiger partial charge is 0.489 e. The van der Waals surface area contributed by atoms with Crippen LogP contribution >= 0.6 is 23.2 Å². The van der Waals surface area contributed by atoms with E-state index in [1.165, 1.54) is 7.11 Å². The Bertz CT molecular complexity index is 1420. The minimum atomic E-state index is -0.571. The molecule has 5 rings (SSSR count). The molecule has 1 N–H and O–H groups in total. The van der Waals surface area contributed by atoms with Gasteiger partial charge in [-0.25, -0.2) is 4.79 Å². The lowest BCUT2D eigenvalue weighted by molar-refractivity contribution is -0.136. The number of hydrogen-bond donors (Lipinski definition) is 1. The Morgan fingerprint density at radius 1 is 1.00 bits per heavy atom. The number of ether oxygens (including phenoxy) is 2. The van der Waals surface area contributed by atoms with E-state index in [1.807, 2.05) is 55.5 Å². The van der Waals surface area contributed by atoms with Crippen LogP contribution in [0.4, 0.5) is 0 Å².